The molecule has 2 heterocycles. The number of hydrogen-bond donors (Lipinski definition) is 2. The molecule has 6 heteroatoms. The van der Waals surface area contributed by atoms with Crippen LogP contribution in [0, 0.1) is 11.8 Å². The Morgan fingerprint density at radius 2 is 2.23 bits per heavy atom. The Hall–Kier alpha value is -1.85. The zero-order valence-corrected chi connectivity index (χ0v) is 12.7. The van der Waals surface area contributed by atoms with Crippen LogP contribution >= 0.6 is 0 Å². The lowest BCUT2D eigenvalue weighted by atomic mass is 9.77. The Bertz CT molecular complexity index is 620. The molecule has 0 aromatic carbocycles. The summed E-state index contributed by atoms with van der Waals surface area (Å²) in [6, 6.07) is 0. The fourth-order valence-corrected chi connectivity index (χ4v) is 3.87. The van der Waals surface area contributed by atoms with Gasteiger partial charge in [-0.3, -0.25) is 14.7 Å². The van der Waals surface area contributed by atoms with Crippen molar-refractivity contribution in [2.45, 2.75) is 50.9 Å². The number of carbonyl (C=O) groups excluding carboxylic acids is 2. The highest BCUT2D eigenvalue weighted by atomic mass is 16.5. The van der Waals surface area contributed by atoms with Crippen LogP contribution in [0.4, 0.5) is 5.82 Å². The van der Waals surface area contributed by atoms with E-state index < -0.39 is 0 Å². The van der Waals surface area contributed by atoms with Crippen LogP contribution in [0.3, 0.4) is 0 Å². The molecule has 0 saturated heterocycles. The van der Waals surface area contributed by atoms with Crippen LogP contribution in [0.1, 0.15) is 62.1 Å². The van der Waals surface area contributed by atoms with Crippen LogP contribution < -0.4 is 5.32 Å². The van der Waals surface area contributed by atoms with Crippen molar-refractivity contribution < 1.29 is 14.3 Å². The van der Waals surface area contributed by atoms with Gasteiger partial charge < -0.3 is 10.1 Å². The molecule has 3 atom stereocenters. The summed E-state index contributed by atoms with van der Waals surface area (Å²) in [5.74, 6) is 1.37. The number of fused-ring (bicyclic) bond motifs is 1. The fraction of sp³-hybridized carbons (Fsp3) is 0.688. The van der Waals surface area contributed by atoms with Gasteiger partial charge in [-0.1, -0.05) is 6.42 Å². The predicted molar refractivity (Wildman–Crippen MR) is 79.4 cm³/mol. The van der Waals surface area contributed by atoms with Crippen molar-refractivity contribution in [1.29, 1.82) is 0 Å². The lowest BCUT2D eigenvalue weighted by Crippen LogP contribution is -2.26. The average molecular weight is 303 g/mol. The van der Waals surface area contributed by atoms with E-state index in [0.717, 1.165) is 12.0 Å². The number of ether oxygens (including phenoxy) is 1. The third-order valence-corrected chi connectivity index (χ3v) is 5.33. The first kappa shape index (κ1) is 13.8. The standard InChI is InChI=1S/C16H21N3O3/c1-2-22-16(21)11-6-9(11)10-7-12(20)17-15-13(10)14(18-19-15)8-4-3-5-8/h8-11H,2-7H2,1H3,(H2,17,18,19,20). The highest BCUT2D eigenvalue weighted by Gasteiger charge is 2.52. The molecule has 1 aromatic rings. The molecule has 2 fully saturated rings. The summed E-state index contributed by atoms with van der Waals surface area (Å²) >= 11 is 0. The second kappa shape index (κ2) is 5.11. The number of hydrogen-bond acceptors (Lipinski definition) is 4. The summed E-state index contributed by atoms with van der Waals surface area (Å²) in [5.41, 5.74) is 2.34. The number of nitrogens with zero attached hydrogens (tertiary/aromatic N) is 1. The quantitative estimate of drug-likeness (QED) is 0.836. The van der Waals surface area contributed by atoms with Gasteiger partial charge in [0, 0.05) is 29.5 Å². The van der Waals surface area contributed by atoms with Gasteiger partial charge in [0.2, 0.25) is 5.91 Å². The van der Waals surface area contributed by atoms with Crippen LogP contribution in [-0.4, -0.2) is 28.7 Å². The van der Waals surface area contributed by atoms with E-state index in [2.05, 4.69) is 15.5 Å². The Labute approximate surface area is 129 Å². The highest BCUT2D eigenvalue weighted by molar-refractivity contribution is 5.94. The van der Waals surface area contributed by atoms with Crippen molar-refractivity contribution in [2.24, 2.45) is 11.8 Å². The van der Waals surface area contributed by atoms with Crippen LogP contribution in [0.15, 0.2) is 0 Å². The monoisotopic (exact) mass is 303 g/mol. The van der Waals surface area contributed by atoms with E-state index in [-0.39, 0.29) is 29.6 Å². The molecule has 1 amide bonds. The smallest absolute Gasteiger partial charge is 0.309 e. The van der Waals surface area contributed by atoms with E-state index in [1.165, 1.54) is 25.0 Å². The second-order valence-corrected chi connectivity index (χ2v) is 6.64. The van der Waals surface area contributed by atoms with Crippen LogP contribution in [-0.2, 0) is 14.3 Å². The normalized spacial score (nSPS) is 30.2. The minimum absolute atomic E-state index is 0.00123. The Morgan fingerprint density at radius 1 is 1.41 bits per heavy atom. The van der Waals surface area contributed by atoms with E-state index in [1.54, 1.807) is 0 Å². The molecule has 4 rings (SSSR count). The number of esters is 1. The topological polar surface area (TPSA) is 84.1 Å². The van der Waals surface area contributed by atoms with Gasteiger partial charge >= 0.3 is 5.97 Å². The summed E-state index contributed by atoms with van der Waals surface area (Å²) in [6.45, 7) is 2.24. The van der Waals surface area contributed by atoms with Gasteiger partial charge in [-0.05, 0) is 32.1 Å². The number of rotatable bonds is 4. The van der Waals surface area contributed by atoms with E-state index >= 15 is 0 Å². The van der Waals surface area contributed by atoms with Gasteiger partial charge in [0.1, 0.15) is 0 Å². The zero-order valence-electron chi connectivity index (χ0n) is 12.7. The number of carbonyl (C=O) groups is 2. The number of H-pyrrole nitrogens is 1. The molecule has 2 N–H and O–H groups in total. The van der Waals surface area contributed by atoms with Crippen molar-refractivity contribution in [2.75, 3.05) is 11.9 Å². The molecule has 2 aliphatic carbocycles. The van der Waals surface area contributed by atoms with Gasteiger partial charge in [0.15, 0.2) is 5.82 Å². The van der Waals surface area contributed by atoms with Crippen LogP contribution in [0.2, 0.25) is 0 Å². The van der Waals surface area contributed by atoms with E-state index in [4.69, 9.17) is 4.74 Å². The molecule has 1 aliphatic heterocycles. The maximum Gasteiger partial charge on any atom is 0.309 e. The van der Waals surface area contributed by atoms with Crippen molar-refractivity contribution in [1.82, 2.24) is 10.2 Å². The van der Waals surface area contributed by atoms with Crippen molar-refractivity contribution in [3.8, 4) is 0 Å². The highest BCUT2D eigenvalue weighted by Crippen LogP contribution is 2.55. The third kappa shape index (κ3) is 2.12. The van der Waals surface area contributed by atoms with E-state index in [0.29, 0.717) is 24.8 Å². The maximum atomic E-state index is 12.0. The van der Waals surface area contributed by atoms with Gasteiger partial charge in [-0.25, -0.2) is 0 Å². The molecular weight excluding hydrogens is 282 g/mol. The molecule has 3 unspecified atom stereocenters. The van der Waals surface area contributed by atoms with Crippen molar-refractivity contribution in [3.63, 3.8) is 0 Å². The zero-order chi connectivity index (χ0) is 15.3. The van der Waals surface area contributed by atoms with Crippen molar-refractivity contribution in [3.05, 3.63) is 11.3 Å². The van der Waals surface area contributed by atoms with Gasteiger partial charge in [-0.2, -0.15) is 5.10 Å². The summed E-state index contributed by atoms with van der Waals surface area (Å²) in [6.07, 6.45) is 4.89. The van der Waals surface area contributed by atoms with Gasteiger partial charge in [0.25, 0.3) is 0 Å². The number of anilines is 1. The summed E-state index contributed by atoms with van der Waals surface area (Å²) in [5, 5.41) is 10.3. The number of amides is 1. The minimum atomic E-state index is -0.117. The Morgan fingerprint density at radius 3 is 2.91 bits per heavy atom. The third-order valence-electron chi connectivity index (χ3n) is 5.33. The first-order valence-electron chi connectivity index (χ1n) is 8.23. The van der Waals surface area contributed by atoms with Gasteiger partial charge in [0.05, 0.1) is 12.5 Å². The number of aromatic nitrogens is 2. The number of nitrogens with one attached hydrogen (secondary N) is 2. The molecule has 0 radical (unpaired) electrons. The lowest BCUT2D eigenvalue weighted by molar-refractivity contribution is -0.145. The summed E-state index contributed by atoms with van der Waals surface area (Å²) < 4.78 is 5.13. The Kier molecular flexibility index (Phi) is 3.20. The molecule has 0 bridgehead atoms. The number of aromatic amines is 1. The molecule has 22 heavy (non-hydrogen) atoms. The lowest BCUT2D eigenvalue weighted by Gasteiger charge is -2.29. The molecule has 3 aliphatic rings. The average Bonchev–Trinajstić information content (AvgIpc) is 3.13. The fourth-order valence-electron chi connectivity index (χ4n) is 3.87. The molecule has 2 saturated carbocycles. The Balaban J connectivity index is 1.60. The largest absolute Gasteiger partial charge is 0.466 e. The maximum absolute atomic E-state index is 12.0. The SMILES string of the molecule is CCOC(=O)C1CC1C1CC(=O)Nc2n[nH]c(C3CCC3)c21. The first-order chi connectivity index (χ1) is 10.7. The van der Waals surface area contributed by atoms with E-state index in [1.807, 2.05) is 6.92 Å². The molecular formula is C16H21N3O3. The van der Waals surface area contributed by atoms with E-state index in [9.17, 15) is 9.59 Å². The second-order valence-electron chi connectivity index (χ2n) is 6.64. The molecule has 0 spiro atoms. The van der Waals surface area contributed by atoms with Crippen LogP contribution in [0.5, 0.6) is 0 Å². The molecule has 6 nitrogen and oxygen atoms in total. The minimum Gasteiger partial charge on any atom is -0.466 e. The first-order valence-corrected chi connectivity index (χ1v) is 8.23. The summed E-state index contributed by atoms with van der Waals surface area (Å²) in [4.78, 5) is 23.9. The molecule has 1 aromatic heterocycles. The summed E-state index contributed by atoms with van der Waals surface area (Å²) in [7, 11) is 0. The molecule has 118 valence electrons. The van der Waals surface area contributed by atoms with Gasteiger partial charge in [-0.15, -0.1) is 0 Å². The van der Waals surface area contributed by atoms with Crippen molar-refractivity contribution >= 4 is 17.7 Å². The predicted octanol–water partition coefficient (Wildman–Crippen LogP) is 2.30. The van der Waals surface area contributed by atoms with Crippen LogP contribution in [0.25, 0.3) is 0 Å².